The molecule has 0 saturated carbocycles. The van der Waals surface area contributed by atoms with Crippen molar-refractivity contribution in [3.05, 3.63) is 29.6 Å². The number of hydrogen-bond acceptors (Lipinski definition) is 5. The zero-order valence-corrected chi connectivity index (χ0v) is 10.4. The van der Waals surface area contributed by atoms with Crippen molar-refractivity contribution in [3.63, 3.8) is 0 Å². The van der Waals surface area contributed by atoms with Crippen LogP contribution in [0.4, 0.5) is 11.6 Å². The van der Waals surface area contributed by atoms with Gasteiger partial charge in [0.25, 0.3) is 5.91 Å². The minimum atomic E-state index is -0.312. The molecule has 0 bridgehead atoms. The number of carbonyl (C=O) groups is 1. The molecule has 2 rings (SSSR count). The van der Waals surface area contributed by atoms with Gasteiger partial charge in [-0.3, -0.25) is 9.48 Å². The largest absolute Gasteiger partial charge is 0.372 e. The maximum absolute atomic E-state index is 11.9. The minimum Gasteiger partial charge on any atom is -0.372 e. The van der Waals surface area contributed by atoms with E-state index in [1.165, 1.54) is 0 Å². The Morgan fingerprint density at radius 3 is 2.61 bits per heavy atom. The summed E-state index contributed by atoms with van der Waals surface area (Å²) in [4.78, 5) is 11.9. The van der Waals surface area contributed by atoms with Gasteiger partial charge in [0.05, 0.1) is 5.69 Å². The molecule has 0 aliphatic rings. The Morgan fingerprint density at radius 2 is 2.11 bits per heavy atom. The van der Waals surface area contributed by atoms with Crippen LogP contribution in [0.2, 0.25) is 0 Å². The van der Waals surface area contributed by atoms with E-state index in [1.807, 2.05) is 6.92 Å². The fourth-order valence-electron chi connectivity index (χ4n) is 1.49. The van der Waals surface area contributed by atoms with Gasteiger partial charge in [0, 0.05) is 20.2 Å². The van der Waals surface area contributed by atoms with Crippen molar-refractivity contribution >= 4 is 17.5 Å². The van der Waals surface area contributed by atoms with Gasteiger partial charge in [-0.2, -0.15) is 5.10 Å². The van der Waals surface area contributed by atoms with Crippen LogP contribution >= 0.6 is 0 Å². The number of carbonyl (C=O) groups excluding carboxylic acids is 1. The molecule has 0 fully saturated rings. The number of aryl methyl sites for hydroxylation is 2. The summed E-state index contributed by atoms with van der Waals surface area (Å²) in [7, 11) is 3.50. The van der Waals surface area contributed by atoms with Crippen LogP contribution in [0.15, 0.2) is 18.2 Å². The van der Waals surface area contributed by atoms with E-state index in [0.29, 0.717) is 11.6 Å². The third-order valence-electron chi connectivity index (χ3n) is 2.40. The Labute approximate surface area is 104 Å². The predicted octanol–water partition coefficient (Wildman–Crippen LogP) is 0.813. The van der Waals surface area contributed by atoms with Gasteiger partial charge >= 0.3 is 0 Å². The summed E-state index contributed by atoms with van der Waals surface area (Å²) in [5.41, 5.74) is 1.09. The van der Waals surface area contributed by atoms with E-state index in [1.54, 1.807) is 37.0 Å². The lowest BCUT2D eigenvalue weighted by atomic mass is 10.3. The summed E-state index contributed by atoms with van der Waals surface area (Å²) in [6.45, 7) is 1.86. The monoisotopic (exact) mass is 246 g/mol. The molecule has 2 heterocycles. The van der Waals surface area contributed by atoms with Crippen molar-refractivity contribution in [2.45, 2.75) is 6.92 Å². The molecule has 94 valence electrons. The first-order valence-corrected chi connectivity index (χ1v) is 5.43. The van der Waals surface area contributed by atoms with Crippen LogP contribution in [0, 0.1) is 6.92 Å². The molecule has 7 nitrogen and oxygen atoms in total. The number of aromatic nitrogens is 4. The number of rotatable bonds is 3. The zero-order valence-electron chi connectivity index (χ0n) is 10.4. The third-order valence-corrected chi connectivity index (χ3v) is 2.40. The molecule has 0 spiro atoms. The molecule has 0 atom stereocenters. The Hall–Kier alpha value is -2.44. The summed E-state index contributed by atoms with van der Waals surface area (Å²) in [5, 5.41) is 17.4. The first-order valence-electron chi connectivity index (χ1n) is 5.43. The first kappa shape index (κ1) is 12.0. The molecule has 2 aromatic rings. The number of hydrogen-bond donors (Lipinski definition) is 2. The second-order valence-corrected chi connectivity index (χ2v) is 3.80. The van der Waals surface area contributed by atoms with Crippen LogP contribution < -0.4 is 10.6 Å². The Bertz CT molecular complexity index is 559. The molecule has 7 heteroatoms. The van der Waals surface area contributed by atoms with Crippen molar-refractivity contribution in [1.29, 1.82) is 0 Å². The van der Waals surface area contributed by atoms with E-state index >= 15 is 0 Å². The molecule has 2 N–H and O–H groups in total. The summed E-state index contributed by atoms with van der Waals surface area (Å²) < 4.78 is 1.60. The summed E-state index contributed by atoms with van der Waals surface area (Å²) in [5.74, 6) is 0.924. The first-order chi connectivity index (χ1) is 8.60. The van der Waals surface area contributed by atoms with Crippen molar-refractivity contribution in [2.75, 3.05) is 17.7 Å². The molecule has 0 unspecified atom stereocenters. The Balaban J connectivity index is 2.14. The number of nitrogens with zero attached hydrogens (tertiary/aromatic N) is 4. The lowest BCUT2D eigenvalue weighted by molar-refractivity contribution is 0.102. The number of anilines is 2. The summed E-state index contributed by atoms with van der Waals surface area (Å²) in [6.07, 6.45) is 0. The molecule has 0 aromatic carbocycles. The normalized spacial score (nSPS) is 10.2. The highest BCUT2D eigenvalue weighted by molar-refractivity contribution is 6.02. The molecule has 0 aliphatic carbocycles. The highest BCUT2D eigenvalue weighted by Gasteiger charge is 2.11. The lowest BCUT2D eigenvalue weighted by Crippen LogP contribution is -2.16. The zero-order chi connectivity index (χ0) is 13.1. The van der Waals surface area contributed by atoms with Crippen LogP contribution in [-0.4, -0.2) is 32.9 Å². The lowest BCUT2D eigenvalue weighted by Gasteiger charge is -2.04. The molecule has 2 aromatic heterocycles. The quantitative estimate of drug-likeness (QED) is 0.837. The van der Waals surface area contributed by atoms with Gasteiger partial charge in [-0.05, 0) is 19.1 Å². The van der Waals surface area contributed by atoms with Crippen LogP contribution in [-0.2, 0) is 7.05 Å². The average Bonchev–Trinajstić information content (AvgIpc) is 2.68. The summed E-state index contributed by atoms with van der Waals surface area (Å²) >= 11 is 0. The van der Waals surface area contributed by atoms with E-state index in [2.05, 4.69) is 25.9 Å². The Morgan fingerprint density at radius 1 is 1.33 bits per heavy atom. The topological polar surface area (TPSA) is 84.7 Å². The Kier molecular flexibility index (Phi) is 3.22. The van der Waals surface area contributed by atoms with E-state index < -0.39 is 0 Å². The van der Waals surface area contributed by atoms with E-state index in [0.717, 1.165) is 5.69 Å². The highest BCUT2D eigenvalue weighted by Crippen LogP contribution is 2.09. The average molecular weight is 246 g/mol. The SMILES string of the molecule is CNc1ccc(C(=O)Nc2cc(C)nn2C)nn1. The van der Waals surface area contributed by atoms with Gasteiger partial charge in [0.2, 0.25) is 0 Å². The minimum absolute atomic E-state index is 0.257. The second kappa shape index (κ2) is 4.82. The number of amides is 1. The molecule has 0 saturated heterocycles. The van der Waals surface area contributed by atoms with Crippen LogP contribution in [0.25, 0.3) is 0 Å². The van der Waals surface area contributed by atoms with Gasteiger partial charge in [-0.1, -0.05) is 0 Å². The van der Waals surface area contributed by atoms with E-state index in [9.17, 15) is 4.79 Å². The fourth-order valence-corrected chi connectivity index (χ4v) is 1.49. The molecular weight excluding hydrogens is 232 g/mol. The molecule has 0 aliphatic heterocycles. The molecule has 1 amide bonds. The standard InChI is InChI=1S/C11H14N6O/c1-7-6-10(17(3)16-7)13-11(18)8-4-5-9(12-2)15-14-8/h4-6H,1-3H3,(H,12,15)(H,13,18). The maximum atomic E-state index is 11.9. The van der Waals surface area contributed by atoms with Crippen LogP contribution in [0.5, 0.6) is 0 Å². The smallest absolute Gasteiger partial charge is 0.277 e. The van der Waals surface area contributed by atoms with E-state index in [4.69, 9.17) is 0 Å². The molecule has 18 heavy (non-hydrogen) atoms. The van der Waals surface area contributed by atoms with Gasteiger partial charge in [-0.15, -0.1) is 10.2 Å². The van der Waals surface area contributed by atoms with Crippen LogP contribution in [0.1, 0.15) is 16.2 Å². The highest BCUT2D eigenvalue weighted by atomic mass is 16.2. The maximum Gasteiger partial charge on any atom is 0.277 e. The summed E-state index contributed by atoms with van der Waals surface area (Å²) in [6, 6.07) is 5.08. The van der Waals surface area contributed by atoms with Gasteiger partial charge in [0.1, 0.15) is 11.6 Å². The molecule has 0 radical (unpaired) electrons. The predicted molar refractivity (Wildman–Crippen MR) is 67.5 cm³/mol. The fraction of sp³-hybridized carbons (Fsp3) is 0.273. The second-order valence-electron chi connectivity index (χ2n) is 3.80. The van der Waals surface area contributed by atoms with Crippen molar-refractivity contribution in [2.24, 2.45) is 7.05 Å². The number of nitrogens with one attached hydrogen (secondary N) is 2. The van der Waals surface area contributed by atoms with Gasteiger partial charge < -0.3 is 10.6 Å². The van der Waals surface area contributed by atoms with Crippen molar-refractivity contribution in [1.82, 2.24) is 20.0 Å². The van der Waals surface area contributed by atoms with Crippen LogP contribution in [0.3, 0.4) is 0 Å². The van der Waals surface area contributed by atoms with E-state index in [-0.39, 0.29) is 11.6 Å². The van der Waals surface area contributed by atoms with Gasteiger partial charge in [0.15, 0.2) is 5.69 Å². The molecular formula is C11H14N6O. The van der Waals surface area contributed by atoms with Crippen molar-refractivity contribution in [3.8, 4) is 0 Å². The van der Waals surface area contributed by atoms with Crippen molar-refractivity contribution < 1.29 is 4.79 Å². The third kappa shape index (κ3) is 2.45. The van der Waals surface area contributed by atoms with Gasteiger partial charge in [-0.25, -0.2) is 0 Å².